The maximum absolute atomic E-state index is 12.4. The van der Waals surface area contributed by atoms with Crippen LogP contribution in [0.3, 0.4) is 0 Å². The molecule has 0 aliphatic heterocycles. The van der Waals surface area contributed by atoms with Crippen molar-refractivity contribution in [2.45, 2.75) is 4.90 Å². The molecule has 3 aromatic carbocycles. The topological polar surface area (TPSA) is 130 Å². The monoisotopic (exact) mass is 358 g/mol. The first-order valence-corrected chi connectivity index (χ1v) is 8.60. The van der Waals surface area contributed by atoms with Crippen LogP contribution in [0, 0.1) is 0 Å². The molecular formula is C17H14N2O5S. The second-order valence-corrected chi connectivity index (χ2v) is 6.79. The molecular weight excluding hydrogens is 344 g/mol. The number of anilines is 2. The highest BCUT2D eigenvalue weighted by Crippen LogP contribution is 2.33. The number of nitrogens with one attached hydrogen (secondary N) is 1. The fraction of sp³-hybridized carbons (Fsp3) is 0. The van der Waals surface area contributed by atoms with Crippen molar-refractivity contribution in [1.82, 2.24) is 0 Å². The van der Waals surface area contributed by atoms with Crippen molar-refractivity contribution in [1.29, 1.82) is 0 Å². The lowest BCUT2D eigenvalue weighted by Crippen LogP contribution is -2.13. The number of hydrogen-bond donors (Lipinski definition) is 4. The highest BCUT2D eigenvalue weighted by atomic mass is 32.2. The molecule has 0 spiro atoms. The number of benzene rings is 3. The number of phenolic OH excluding ortho intramolecular Hbond substituents is 1. The second-order valence-electron chi connectivity index (χ2n) is 5.40. The molecule has 0 radical (unpaired) electrons. The number of carbonyl (C=O) groups excluding carboxylic acids is 1. The van der Waals surface area contributed by atoms with Crippen molar-refractivity contribution in [2.75, 3.05) is 11.1 Å². The minimum atomic E-state index is -4.61. The molecule has 25 heavy (non-hydrogen) atoms. The van der Waals surface area contributed by atoms with Gasteiger partial charge in [0, 0.05) is 22.7 Å². The summed E-state index contributed by atoms with van der Waals surface area (Å²) in [5.41, 5.74) is 6.61. The molecule has 3 rings (SSSR count). The summed E-state index contributed by atoms with van der Waals surface area (Å²) in [5, 5.41) is 12.7. The van der Waals surface area contributed by atoms with E-state index in [-0.39, 0.29) is 16.8 Å². The Morgan fingerprint density at radius 1 is 1.04 bits per heavy atom. The number of amides is 1. The van der Waals surface area contributed by atoms with Crippen LogP contribution >= 0.6 is 0 Å². The molecule has 0 aliphatic rings. The van der Waals surface area contributed by atoms with E-state index in [4.69, 9.17) is 5.73 Å². The van der Waals surface area contributed by atoms with Gasteiger partial charge in [-0.05, 0) is 41.8 Å². The molecule has 3 aromatic rings. The Morgan fingerprint density at radius 3 is 2.36 bits per heavy atom. The van der Waals surface area contributed by atoms with E-state index in [0.29, 0.717) is 16.6 Å². The van der Waals surface area contributed by atoms with Gasteiger partial charge in [-0.2, -0.15) is 8.42 Å². The number of carbonyl (C=O) groups is 1. The van der Waals surface area contributed by atoms with E-state index >= 15 is 0 Å². The molecule has 0 atom stereocenters. The van der Waals surface area contributed by atoms with E-state index in [2.05, 4.69) is 5.32 Å². The number of phenols is 1. The van der Waals surface area contributed by atoms with Crippen molar-refractivity contribution in [2.24, 2.45) is 0 Å². The maximum Gasteiger partial charge on any atom is 0.295 e. The fourth-order valence-electron chi connectivity index (χ4n) is 2.51. The third-order valence-electron chi connectivity index (χ3n) is 3.62. The summed E-state index contributed by atoms with van der Waals surface area (Å²) in [6.45, 7) is 0. The fourth-order valence-corrected chi connectivity index (χ4v) is 3.26. The van der Waals surface area contributed by atoms with Crippen molar-refractivity contribution in [3.8, 4) is 5.75 Å². The summed E-state index contributed by atoms with van der Waals surface area (Å²) in [4.78, 5) is 11.9. The molecule has 0 heterocycles. The molecule has 5 N–H and O–H groups in total. The molecule has 0 saturated heterocycles. The minimum Gasteiger partial charge on any atom is -0.508 e. The van der Waals surface area contributed by atoms with Gasteiger partial charge in [0.05, 0.1) is 5.69 Å². The Labute approximate surface area is 143 Å². The summed E-state index contributed by atoms with van der Waals surface area (Å²) in [7, 11) is -4.61. The lowest BCUT2D eigenvalue weighted by molar-refractivity contribution is 0.102. The van der Waals surface area contributed by atoms with Gasteiger partial charge in [-0.1, -0.05) is 12.1 Å². The van der Waals surface area contributed by atoms with E-state index in [1.165, 1.54) is 24.3 Å². The SMILES string of the molecule is Nc1ccc(C(=O)Nc2cccc3cc(O)cc(S(=O)(=O)O)c23)cc1. The van der Waals surface area contributed by atoms with Crippen LogP contribution in [0.15, 0.2) is 59.5 Å². The third-order valence-corrected chi connectivity index (χ3v) is 4.50. The lowest BCUT2D eigenvalue weighted by Gasteiger charge is -2.12. The number of fused-ring (bicyclic) bond motifs is 1. The summed E-state index contributed by atoms with van der Waals surface area (Å²) in [6.07, 6.45) is 0. The van der Waals surface area contributed by atoms with Gasteiger partial charge >= 0.3 is 0 Å². The van der Waals surface area contributed by atoms with Gasteiger partial charge < -0.3 is 16.2 Å². The predicted molar refractivity (Wildman–Crippen MR) is 94.2 cm³/mol. The first kappa shape index (κ1) is 16.7. The van der Waals surface area contributed by atoms with Crippen molar-refractivity contribution in [3.63, 3.8) is 0 Å². The molecule has 0 unspecified atom stereocenters. The number of hydrogen-bond acceptors (Lipinski definition) is 5. The average molecular weight is 358 g/mol. The molecule has 0 aromatic heterocycles. The Hall–Kier alpha value is -3.10. The Kier molecular flexibility index (Phi) is 4.07. The molecule has 0 fully saturated rings. The van der Waals surface area contributed by atoms with Gasteiger partial charge in [0.2, 0.25) is 0 Å². The first-order chi connectivity index (χ1) is 11.8. The largest absolute Gasteiger partial charge is 0.508 e. The Bertz CT molecular complexity index is 1080. The Balaban J connectivity index is 2.13. The van der Waals surface area contributed by atoms with E-state index in [1.807, 2.05) is 0 Å². The van der Waals surface area contributed by atoms with Gasteiger partial charge in [-0.3, -0.25) is 9.35 Å². The molecule has 0 saturated carbocycles. The Morgan fingerprint density at radius 2 is 1.72 bits per heavy atom. The van der Waals surface area contributed by atoms with E-state index in [1.54, 1.807) is 24.3 Å². The average Bonchev–Trinajstić information content (AvgIpc) is 2.53. The zero-order chi connectivity index (χ0) is 18.2. The van der Waals surface area contributed by atoms with Gasteiger partial charge in [0.15, 0.2) is 0 Å². The summed E-state index contributed by atoms with van der Waals surface area (Å²) in [6, 6.07) is 13.1. The molecule has 0 bridgehead atoms. The van der Waals surface area contributed by atoms with Gasteiger partial charge in [0.1, 0.15) is 10.6 Å². The summed E-state index contributed by atoms with van der Waals surface area (Å²) < 4.78 is 32.8. The molecule has 1 amide bonds. The maximum atomic E-state index is 12.4. The number of nitrogen functional groups attached to an aromatic ring is 1. The summed E-state index contributed by atoms with van der Waals surface area (Å²) in [5.74, 6) is -0.788. The van der Waals surface area contributed by atoms with E-state index < -0.39 is 20.9 Å². The molecule has 0 aliphatic carbocycles. The molecule has 8 heteroatoms. The van der Waals surface area contributed by atoms with Gasteiger partial charge in [0.25, 0.3) is 16.0 Å². The van der Waals surface area contributed by atoms with Crippen LogP contribution in [-0.2, 0) is 10.1 Å². The van der Waals surface area contributed by atoms with Crippen molar-refractivity contribution < 1.29 is 22.9 Å². The summed E-state index contributed by atoms with van der Waals surface area (Å²) >= 11 is 0. The van der Waals surface area contributed by atoms with Gasteiger partial charge in [-0.25, -0.2) is 0 Å². The molecule has 7 nitrogen and oxygen atoms in total. The third kappa shape index (κ3) is 3.39. The standard InChI is InChI=1S/C17H14N2O5S/c18-12-6-4-10(5-7-12)17(21)19-14-3-1-2-11-8-13(20)9-15(16(11)14)25(22,23)24/h1-9,20H,18H2,(H,19,21)(H,22,23,24). The number of rotatable bonds is 3. The number of nitrogens with two attached hydrogens (primary N) is 1. The van der Waals surface area contributed by atoms with Crippen LogP contribution in [0.5, 0.6) is 5.75 Å². The van der Waals surface area contributed by atoms with E-state index in [0.717, 1.165) is 6.07 Å². The minimum absolute atomic E-state index is 0.103. The predicted octanol–water partition coefficient (Wildman–Crippen LogP) is 2.63. The smallest absolute Gasteiger partial charge is 0.295 e. The van der Waals surface area contributed by atoms with Crippen LogP contribution in [-0.4, -0.2) is 24.0 Å². The van der Waals surface area contributed by atoms with Crippen LogP contribution in [0.25, 0.3) is 10.8 Å². The van der Waals surface area contributed by atoms with Crippen LogP contribution in [0.4, 0.5) is 11.4 Å². The highest BCUT2D eigenvalue weighted by molar-refractivity contribution is 7.86. The van der Waals surface area contributed by atoms with Crippen LogP contribution < -0.4 is 11.1 Å². The van der Waals surface area contributed by atoms with Gasteiger partial charge in [-0.15, -0.1) is 0 Å². The lowest BCUT2D eigenvalue weighted by atomic mass is 10.1. The van der Waals surface area contributed by atoms with Crippen molar-refractivity contribution in [3.05, 3.63) is 60.2 Å². The second kappa shape index (κ2) is 6.08. The highest BCUT2D eigenvalue weighted by Gasteiger charge is 2.19. The number of aromatic hydroxyl groups is 1. The van der Waals surface area contributed by atoms with Crippen molar-refractivity contribution >= 4 is 38.2 Å². The quantitative estimate of drug-likeness (QED) is 0.421. The van der Waals surface area contributed by atoms with Crippen LogP contribution in [0.1, 0.15) is 10.4 Å². The first-order valence-electron chi connectivity index (χ1n) is 7.16. The zero-order valence-electron chi connectivity index (χ0n) is 12.8. The van der Waals surface area contributed by atoms with Crippen LogP contribution in [0.2, 0.25) is 0 Å². The zero-order valence-corrected chi connectivity index (χ0v) is 13.6. The molecule has 128 valence electrons. The normalized spacial score (nSPS) is 11.4. The van der Waals surface area contributed by atoms with E-state index in [9.17, 15) is 22.9 Å².